The van der Waals surface area contributed by atoms with Crippen LogP contribution in [-0.4, -0.2) is 48.3 Å². The summed E-state index contributed by atoms with van der Waals surface area (Å²) in [6.45, 7) is 9.67. The van der Waals surface area contributed by atoms with Crippen molar-refractivity contribution in [2.75, 3.05) is 13.2 Å². The average Bonchev–Trinajstić information content (AvgIpc) is 3.28. The molecule has 8 heteroatoms. The Bertz CT molecular complexity index is 1160. The molecule has 1 unspecified atom stereocenters. The molecule has 0 aliphatic heterocycles. The van der Waals surface area contributed by atoms with Crippen LogP contribution in [0.1, 0.15) is 87.0 Å². The number of pyridine rings is 1. The second-order valence-electron chi connectivity index (χ2n) is 10.2. The number of aliphatic hydroxyl groups excluding tert-OH is 1. The number of rotatable bonds is 9. The SMILES string of the molecule is Cc1cc(C)c2[nH]c(=O)c(CN(CCCO)C(c3nnnn3C3CCCCC3)C(C)C)cc2c1. The Morgan fingerprint density at radius 2 is 1.94 bits per heavy atom. The highest BCUT2D eigenvalue weighted by Gasteiger charge is 2.32. The van der Waals surface area contributed by atoms with Gasteiger partial charge in [-0.05, 0) is 72.5 Å². The number of H-pyrrole nitrogens is 1. The third-order valence-corrected chi connectivity index (χ3v) is 7.08. The highest BCUT2D eigenvalue weighted by molar-refractivity contribution is 5.82. The molecule has 0 saturated heterocycles. The molecule has 0 amide bonds. The maximum atomic E-state index is 13.1. The Labute approximate surface area is 201 Å². The van der Waals surface area contributed by atoms with Crippen molar-refractivity contribution < 1.29 is 5.11 Å². The normalized spacial score (nSPS) is 16.1. The third kappa shape index (κ3) is 5.23. The average molecular weight is 467 g/mol. The summed E-state index contributed by atoms with van der Waals surface area (Å²) >= 11 is 0. The summed E-state index contributed by atoms with van der Waals surface area (Å²) in [4.78, 5) is 18.5. The maximum absolute atomic E-state index is 13.1. The molecule has 1 atom stereocenters. The molecule has 1 aliphatic carbocycles. The van der Waals surface area contributed by atoms with Crippen molar-refractivity contribution in [3.63, 3.8) is 0 Å². The second kappa shape index (κ2) is 10.8. The van der Waals surface area contributed by atoms with E-state index in [1.54, 1.807) is 0 Å². The summed E-state index contributed by atoms with van der Waals surface area (Å²) in [7, 11) is 0. The van der Waals surface area contributed by atoms with Crippen molar-refractivity contribution in [2.45, 2.75) is 84.8 Å². The standard InChI is InChI=1S/C26H38N6O2/c1-17(2)24(25-28-29-30-32(25)22-9-6-5-7-10-22)31(11-8-12-33)16-21-15-20-14-18(3)13-19(4)23(20)27-26(21)34/h13-15,17,22,24,33H,5-12,16H2,1-4H3,(H,27,34). The Balaban J connectivity index is 1.71. The lowest BCUT2D eigenvalue weighted by Crippen LogP contribution is -2.37. The van der Waals surface area contributed by atoms with E-state index >= 15 is 0 Å². The molecule has 0 spiro atoms. The Kier molecular flexibility index (Phi) is 7.78. The van der Waals surface area contributed by atoms with Gasteiger partial charge in [-0.3, -0.25) is 9.69 Å². The fourth-order valence-corrected chi connectivity index (χ4v) is 5.52. The van der Waals surface area contributed by atoms with Gasteiger partial charge in [-0.1, -0.05) is 44.7 Å². The van der Waals surface area contributed by atoms with Crippen molar-refractivity contribution in [1.82, 2.24) is 30.1 Å². The van der Waals surface area contributed by atoms with Gasteiger partial charge in [-0.2, -0.15) is 0 Å². The van der Waals surface area contributed by atoms with Crippen molar-refractivity contribution in [3.8, 4) is 0 Å². The number of tetrazole rings is 1. The van der Waals surface area contributed by atoms with E-state index in [0.29, 0.717) is 25.6 Å². The third-order valence-electron chi connectivity index (χ3n) is 7.08. The topological polar surface area (TPSA) is 99.9 Å². The lowest BCUT2D eigenvalue weighted by molar-refractivity contribution is 0.118. The number of nitrogens with zero attached hydrogens (tertiary/aromatic N) is 5. The van der Waals surface area contributed by atoms with Crippen LogP contribution < -0.4 is 5.56 Å². The van der Waals surface area contributed by atoms with Gasteiger partial charge in [0.2, 0.25) is 0 Å². The first kappa shape index (κ1) is 24.5. The van der Waals surface area contributed by atoms with E-state index < -0.39 is 0 Å². The van der Waals surface area contributed by atoms with Crippen molar-refractivity contribution in [1.29, 1.82) is 0 Å². The Hall–Kier alpha value is -2.58. The molecule has 1 aromatic carbocycles. The zero-order valence-electron chi connectivity index (χ0n) is 20.9. The van der Waals surface area contributed by atoms with Gasteiger partial charge >= 0.3 is 0 Å². The molecule has 1 aliphatic rings. The van der Waals surface area contributed by atoms with E-state index in [4.69, 9.17) is 0 Å². The minimum atomic E-state index is -0.0668. The number of aromatic nitrogens is 5. The summed E-state index contributed by atoms with van der Waals surface area (Å²) in [5.74, 6) is 1.10. The number of aromatic amines is 1. The van der Waals surface area contributed by atoms with Gasteiger partial charge in [-0.25, -0.2) is 4.68 Å². The monoisotopic (exact) mass is 466 g/mol. The Morgan fingerprint density at radius 1 is 1.18 bits per heavy atom. The lowest BCUT2D eigenvalue weighted by Gasteiger charge is -2.34. The van der Waals surface area contributed by atoms with E-state index in [9.17, 15) is 9.90 Å². The number of hydrogen-bond acceptors (Lipinski definition) is 6. The van der Waals surface area contributed by atoms with Crippen LogP contribution >= 0.6 is 0 Å². The fourth-order valence-electron chi connectivity index (χ4n) is 5.52. The predicted octanol–water partition coefficient (Wildman–Crippen LogP) is 4.22. The van der Waals surface area contributed by atoms with E-state index in [2.05, 4.69) is 58.3 Å². The lowest BCUT2D eigenvalue weighted by atomic mass is 9.94. The first-order valence-corrected chi connectivity index (χ1v) is 12.6. The molecule has 0 bridgehead atoms. The smallest absolute Gasteiger partial charge is 0.252 e. The first-order chi connectivity index (χ1) is 16.4. The molecule has 8 nitrogen and oxygen atoms in total. The zero-order chi connectivity index (χ0) is 24.2. The van der Waals surface area contributed by atoms with E-state index in [-0.39, 0.29) is 24.1 Å². The summed E-state index contributed by atoms with van der Waals surface area (Å²) in [6, 6.07) is 6.49. The van der Waals surface area contributed by atoms with E-state index in [1.165, 1.54) is 24.8 Å². The van der Waals surface area contributed by atoms with Gasteiger partial charge < -0.3 is 10.1 Å². The van der Waals surface area contributed by atoms with Gasteiger partial charge in [0.25, 0.3) is 5.56 Å². The quantitative estimate of drug-likeness (QED) is 0.490. The van der Waals surface area contributed by atoms with Crippen LogP contribution in [-0.2, 0) is 6.54 Å². The van der Waals surface area contributed by atoms with Crippen LogP contribution in [0.15, 0.2) is 23.0 Å². The van der Waals surface area contributed by atoms with Gasteiger partial charge in [0, 0.05) is 25.3 Å². The number of fused-ring (bicyclic) bond motifs is 1. The van der Waals surface area contributed by atoms with E-state index in [1.807, 2.05) is 17.7 Å². The number of hydrogen-bond donors (Lipinski definition) is 2. The molecular weight excluding hydrogens is 428 g/mol. The first-order valence-electron chi connectivity index (χ1n) is 12.6. The molecule has 2 heterocycles. The minimum Gasteiger partial charge on any atom is -0.396 e. The molecule has 4 rings (SSSR count). The molecule has 34 heavy (non-hydrogen) atoms. The fraction of sp³-hybridized carbons (Fsp3) is 0.615. The number of aliphatic hydroxyl groups is 1. The molecule has 1 fully saturated rings. The summed E-state index contributed by atoms with van der Waals surface area (Å²) in [5.41, 5.74) is 3.79. The van der Waals surface area contributed by atoms with Crippen LogP contribution in [0.2, 0.25) is 0 Å². The van der Waals surface area contributed by atoms with Crippen LogP contribution in [0.4, 0.5) is 0 Å². The minimum absolute atomic E-state index is 0.0576. The molecule has 184 valence electrons. The summed E-state index contributed by atoms with van der Waals surface area (Å²) in [6.07, 6.45) is 6.50. The van der Waals surface area contributed by atoms with Gasteiger partial charge in [0.15, 0.2) is 5.82 Å². The van der Waals surface area contributed by atoms with Crippen LogP contribution in [0.25, 0.3) is 10.9 Å². The highest BCUT2D eigenvalue weighted by Crippen LogP contribution is 2.34. The van der Waals surface area contributed by atoms with Crippen LogP contribution in [0.5, 0.6) is 0 Å². The number of nitrogens with one attached hydrogen (secondary N) is 1. The predicted molar refractivity (Wildman–Crippen MR) is 134 cm³/mol. The van der Waals surface area contributed by atoms with Crippen LogP contribution in [0.3, 0.4) is 0 Å². The largest absolute Gasteiger partial charge is 0.396 e. The van der Waals surface area contributed by atoms with Crippen molar-refractivity contribution in [2.24, 2.45) is 5.92 Å². The summed E-state index contributed by atoms with van der Waals surface area (Å²) < 4.78 is 2.03. The molecule has 2 N–H and O–H groups in total. The van der Waals surface area contributed by atoms with Crippen LogP contribution in [0, 0.1) is 19.8 Å². The molecular formula is C26H38N6O2. The molecule has 2 aromatic heterocycles. The highest BCUT2D eigenvalue weighted by atomic mass is 16.3. The van der Waals surface area contributed by atoms with Gasteiger partial charge in [-0.15, -0.1) is 5.10 Å². The molecule has 3 aromatic rings. The van der Waals surface area contributed by atoms with Crippen molar-refractivity contribution >= 4 is 10.9 Å². The zero-order valence-corrected chi connectivity index (χ0v) is 20.9. The maximum Gasteiger partial charge on any atom is 0.252 e. The van der Waals surface area contributed by atoms with Gasteiger partial charge in [0.05, 0.1) is 17.6 Å². The number of benzene rings is 1. The molecule has 1 saturated carbocycles. The summed E-state index contributed by atoms with van der Waals surface area (Å²) in [5, 5.41) is 23.6. The Morgan fingerprint density at radius 3 is 2.65 bits per heavy atom. The molecule has 0 radical (unpaired) electrons. The van der Waals surface area contributed by atoms with Gasteiger partial charge in [0.1, 0.15) is 0 Å². The second-order valence-corrected chi connectivity index (χ2v) is 10.2. The number of aryl methyl sites for hydroxylation is 2. The van der Waals surface area contributed by atoms with Crippen molar-refractivity contribution in [3.05, 3.63) is 51.1 Å². The van der Waals surface area contributed by atoms with E-state index in [0.717, 1.165) is 40.7 Å².